The monoisotopic (exact) mass is 442 g/mol. The molecular weight excluding hydrogens is 420 g/mol. The summed E-state index contributed by atoms with van der Waals surface area (Å²) in [4.78, 5) is 17.8. The summed E-state index contributed by atoms with van der Waals surface area (Å²) in [5.41, 5.74) is 2.30. The van der Waals surface area contributed by atoms with Crippen molar-refractivity contribution in [3.63, 3.8) is 0 Å². The Morgan fingerprint density at radius 1 is 1.26 bits per heavy atom. The maximum Gasteiger partial charge on any atom is 0.243 e. The number of carbonyl (C=O) groups is 1. The fourth-order valence-electron chi connectivity index (χ4n) is 3.52. The molecule has 1 aliphatic heterocycles. The summed E-state index contributed by atoms with van der Waals surface area (Å²) < 4.78 is 37.7. The number of amides is 1. The molecule has 162 valence electrons. The van der Waals surface area contributed by atoms with E-state index in [2.05, 4.69) is 10.1 Å². The summed E-state index contributed by atoms with van der Waals surface area (Å²) in [7, 11) is -0.756. The predicted molar refractivity (Wildman–Crippen MR) is 113 cm³/mol. The molecule has 31 heavy (non-hydrogen) atoms. The van der Waals surface area contributed by atoms with Crippen LogP contribution in [0.3, 0.4) is 0 Å². The first kappa shape index (κ1) is 21.0. The number of anilines is 1. The summed E-state index contributed by atoms with van der Waals surface area (Å²) in [6, 6.07) is 12.0. The summed E-state index contributed by atoms with van der Waals surface area (Å²) in [6.45, 7) is 1.98. The lowest BCUT2D eigenvalue weighted by Gasteiger charge is -2.17. The lowest BCUT2D eigenvalue weighted by atomic mass is 10.2. The van der Waals surface area contributed by atoms with Gasteiger partial charge in [-0.05, 0) is 42.3 Å². The Labute approximate surface area is 180 Å². The van der Waals surface area contributed by atoms with Crippen molar-refractivity contribution in [3.8, 4) is 17.1 Å². The smallest absolute Gasteiger partial charge is 0.243 e. The molecule has 9 nitrogen and oxygen atoms in total. The second-order valence-corrected chi connectivity index (χ2v) is 9.26. The van der Waals surface area contributed by atoms with Gasteiger partial charge in [0.05, 0.1) is 18.6 Å². The molecule has 0 bridgehead atoms. The molecule has 1 aromatic heterocycles. The van der Waals surface area contributed by atoms with Gasteiger partial charge in [-0.3, -0.25) is 4.79 Å². The van der Waals surface area contributed by atoms with Crippen LogP contribution in [-0.4, -0.2) is 49.5 Å². The van der Waals surface area contributed by atoms with Crippen LogP contribution in [0.15, 0.2) is 51.9 Å². The van der Waals surface area contributed by atoms with E-state index in [0.717, 1.165) is 15.6 Å². The normalized spacial score (nSPS) is 13.5. The van der Waals surface area contributed by atoms with Crippen LogP contribution in [0.5, 0.6) is 5.75 Å². The highest BCUT2D eigenvalue weighted by Gasteiger charge is 2.27. The van der Waals surface area contributed by atoms with Crippen LogP contribution in [0, 0.1) is 0 Å². The van der Waals surface area contributed by atoms with Gasteiger partial charge >= 0.3 is 0 Å². The summed E-state index contributed by atoms with van der Waals surface area (Å²) in [6.07, 6.45) is 0.621. The zero-order valence-corrected chi connectivity index (χ0v) is 18.2. The zero-order chi connectivity index (χ0) is 22.2. The second kappa shape index (κ2) is 8.12. The number of aromatic nitrogens is 2. The molecular formula is C21H22N4O5S. The van der Waals surface area contributed by atoms with Crippen molar-refractivity contribution >= 4 is 21.6 Å². The van der Waals surface area contributed by atoms with Gasteiger partial charge in [-0.1, -0.05) is 17.3 Å². The number of nitrogens with zero attached hydrogens (tertiary/aromatic N) is 4. The molecule has 4 rings (SSSR count). The molecule has 3 aromatic rings. The topological polar surface area (TPSA) is 106 Å². The molecule has 0 saturated carbocycles. The first-order valence-electron chi connectivity index (χ1n) is 9.64. The summed E-state index contributed by atoms with van der Waals surface area (Å²) >= 11 is 0. The lowest BCUT2D eigenvalue weighted by molar-refractivity contribution is -0.116. The minimum absolute atomic E-state index is 0.0605. The average molecular weight is 442 g/mol. The highest BCUT2D eigenvalue weighted by molar-refractivity contribution is 7.89. The number of rotatable bonds is 6. The number of carbonyl (C=O) groups excluding carboxylic acids is 1. The number of sulfonamides is 1. The van der Waals surface area contributed by atoms with E-state index in [1.54, 1.807) is 36.3 Å². The van der Waals surface area contributed by atoms with E-state index in [9.17, 15) is 13.2 Å². The minimum Gasteiger partial charge on any atom is -0.497 e. The fourth-order valence-corrected chi connectivity index (χ4v) is 4.69. The Morgan fingerprint density at radius 3 is 2.81 bits per heavy atom. The Bertz CT molecular complexity index is 1240. The van der Waals surface area contributed by atoms with Crippen LogP contribution in [0.2, 0.25) is 0 Å². The number of hydrogen-bond acceptors (Lipinski definition) is 7. The third-order valence-electron chi connectivity index (χ3n) is 5.19. The van der Waals surface area contributed by atoms with Crippen molar-refractivity contribution in [2.45, 2.75) is 24.8 Å². The van der Waals surface area contributed by atoms with E-state index in [4.69, 9.17) is 9.26 Å². The molecule has 2 heterocycles. The summed E-state index contributed by atoms with van der Waals surface area (Å²) in [5, 5.41) is 3.94. The van der Waals surface area contributed by atoms with Gasteiger partial charge in [0, 0.05) is 31.8 Å². The van der Waals surface area contributed by atoms with Crippen LogP contribution in [0.25, 0.3) is 11.4 Å². The summed E-state index contributed by atoms with van der Waals surface area (Å²) in [5.74, 6) is 1.12. The highest BCUT2D eigenvalue weighted by Crippen LogP contribution is 2.31. The third-order valence-corrected chi connectivity index (χ3v) is 6.99. The van der Waals surface area contributed by atoms with Crippen LogP contribution < -0.4 is 9.64 Å². The number of ether oxygens (including phenoxy) is 1. The molecule has 1 aliphatic rings. The van der Waals surface area contributed by atoms with E-state index < -0.39 is 10.0 Å². The van der Waals surface area contributed by atoms with Gasteiger partial charge in [-0.25, -0.2) is 8.42 Å². The fraction of sp³-hybridized carbons (Fsp3) is 0.286. The molecule has 0 N–H and O–H groups in total. The van der Waals surface area contributed by atoms with Gasteiger partial charge in [-0.2, -0.15) is 9.29 Å². The highest BCUT2D eigenvalue weighted by atomic mass is 32.2. The van der Waals surface area contributed by atoms with Crippen molar-refractivity contribution in [1.29, 1.82) is 0 Å². The standard InChI is InChI=1S/C21H22N4O5S/c1-14(26)25-10-9-15-12-18(7-8-19(15)25)31(27,28)24(2)13-20-22-21(23-30-20)16-5-4-6-17(11-16)29-3/h4-8,11-12H,9-10,13H2,1-3H3. The minimum atomic E-state index is -3.78. The van der Waals surface area contributed by atoms with E-state index in [1.807, 2.05) is 12.1 Å². The van der Waals surface area contributed by atoms with Crippen LogP contribution in [-0.2, 0) is 27.8 Å². The van der Waals surface area contributed by atoms with Crippen LogP contribution >= 0.6 is 0 Å². The van der Waals surface area contributed by atoms with Gasteiger partial charge in [0.1, 0.15) is 5.75 Å². The quantitative estimate of drug-likeness (QED) is 0.577. The number of hydrogen-bond donors (Lipinski definition) is 0. The SMILES string of the molecule is COc1cccc(-c2noc(CN(C)S(=O)(=O)c3ccc4c(c3)CCN4C(C)=O)n2)c1. The van der Waals surface area contributed by atoms with Crippen molar-refractivity contribution in [2.24, 2.45) is 0 Å². The third kappa shape index (κ3) is 4.04. The lowest BCUT2D eigenvalue weighted by Crippen LogP contribution is -2.27. The Kier molecular flexibility index (Phi) is 5.50. The van der Waals surface area contributed by atoms with Gasteiger partial charge in [0.2, 0.25) is 27.6 Å². The maximum absolute atomic E-state index is 13.1. The number of benzene rings is 2. The van der Waals surface area contributed by atoms with Crippen LogP contribution in [0.1, 0.15) is 18.4 Å². The molecule has 0 unspecified atom stereocenters. The van der Waals surface area contributed by atoms with E-state index in [0.29, 0.717) is 30.1 Å². The number of methoxy groups -OCH3 is 1. The van der Waals surface area contributed by atoms with Crippen molar-refractivity contribution in [1.82, 2.24) is 14.4 Å². The van der Waals surface area contributed by atoms with E-state index >= 15 is 0 Å². The van der Waals surface area contributed by atoms with Crippen molar-refractivity contribution in [3.05, 3.63) is 53.9 Å². The van der Waals surface area contributed by atoms with Gasteiger partial charge in [-0.15, -0.1) is 0 Å². The molecule has 0 fully saturated rings. The van der Waals surface area contributed by atoms with Crippen molar-refractivity contribution < 1.29 is 22.5 Å². The first-order valence-corrected chi connectivity index (χ1v) is 11.1. The molecule has 0 spiro atoms. The molecule has 2 aromatic carbocycles. The Hall–Kier alpha value is -3.24. The van der Waals surface area contributed by atoms with Crippen LogP contribution in [0.4, 0.5) is 5.69 Å². The van der Waals surface area contributed by atoms with Crippen molar-refractivity contribution in [2.75, 3.05) is 25.6 Å². The first-order chi connectivity index (χ1) is 14.8. The predicted octanol–water partition coefficient (Wildman–Crippen LogP) is 2.47. The maximum atomic E-state index is 13.1. The second-order valence-electron chi connectivity index (χ2n) is 7.22. The van der Waals surface area contributed by atoms with Gasteiger partial charge in [0.25, 0.3) is 0 Å². The van der Waals surface area contributed by atoms with E-state index in [-0.39, 0.29) is 23.2 Å². The molecule has 1 amide bonds. The molecule has 10 heteroatoms. The zero-order valence-electron chi connectivity index (χ0n) is 17.4. The molecule has 0 saturated heterocycles. The molecule has 0 atom stereocenters. The van der Waals surface area contributed by atoms with Gasteiger partial charge < -0.3 is 14.2 Å². The number of fused-ring (bicyclic) bond motifs is 1. The Morgan fingerprint density at radius 2 is 2.06 bits per heavy atom. The largest absolute Gasteiger partial charge is 0.497 e. The van der Waals surface area contributed by atoms with Gasteiger partial charge in [0.15, 0.2) is 0 Å². The Balaban J connectivity index is 1.53. The molecule has 0 radical (unpaired) electrons. The molecule has 0 aliphatic carbocycles. The average Bonchev–Trinajstić information content (AvgIpc) is 3.40. The van der Waals surface area contributed by atoms with E-state index in [1.165, 1.54) is 20.0 Å².